The fraction of sp³-hybridized carbons (Fsp3) is 0.538. The van der Waals surface area contributed by atoms with Crippen LogP contribution in [0.1, 0.15) is 48.7 Å². The quantitative estimate of drug-likeness (QED) is 0.748. The van der Waals surface area contributed by atoms with Crippen LogP contribution in [0.25, 0.3) is 0 Å². The van der Waals surface area contributed by atoms with Crippen LogP contribution in [0, 0.1) is 17.2 Å². The number of carbonyl (C=O) groups is 1. The van der Waals surface area contributed by atoms with Crippen molar-refractivity contribution in [3.05, 3.63) is 21.9 Å². The topological polar surface area (TPSA) is 40.9 Å². The van der Waals surface area contributed by atoms with Crippen LogP contribution in [-0.2, 0) is 5.41 Å². The van der Waals surface area contributed by atoms with E-state index in [0.29, 0.717) is 11.3 Å². The molecule has 0 aromatic carbocycles. The van der Waals surface area contributed by atoms with Crippen molar-refractivity contribution in [3.8, 4) is 6.07 Å². The summed E-state index contributed by atoms with van der Waals surface area (Å²) in [6, 6.07) is 5.88. The molecule has 1 heterocycles. The second kappa shape index (κ2) is 4.80. The minimum absolute atomic E-state index is 0.0366. The van der Waals surface area contributed by atoms with E-state index in [1.807, 2.05) is 19.1 Å². The molecular formula is C13H17NOS. The molecule has 0 bridgehead atoms. The molecule has 0 saturated heterocycles. The Bertz CT molecular complexity index is 420. The van der Waals surface area contributed by atoms with Crippen LogP contribution in [-0.4, -0.2) is 5.78 Å². The molecule has 0 saturated carbocycles. The van der Waals surface area contributed by atoms with E-state index >= 15 is 0 Å². The van der Waals surface area contributed by atoms with E-state index in [0.717, 1.165) is 0 Å². The molecule has 1 atom stereocenters. The van der Waals surface area contributed by atoms with Crippen LogP contribution in [0.3, 0.4) is 0 Å². The van der Waals surface area contributed by atoms with Crippen molar-refractivity contribution in [3.63, 3.8) is 0 Å². The van der Waals surface area contributed by atoms with Gasteiger partial charge in [0.05, 0.1) is 10.9 Å². The summed E-state index contributed by atoms with van der Waals surface area (Å²) in [6.07, 6.45) is 0.581. The molecule has 1 rings (SSSR count). The lowest BCUT2D eigenvalue weighted by molar-refractivity contribution is 0.0950. The summed E-state index contributed by atoms with van der Waals surface area (Å²) in [5, 5.41) is 8.86. The molecule has 0 radical (unpaired) electrons. The van der Waals surface area contributed by atoms with Gasteiger partial charge in [-0.25, -0.2) is 0 Å². The number of hydrogen-bond acceptors (Lipinski definition) is 3. The molecular weight excluding hydrogens is 218 g/mol. The predicted octanol–water partition coefficient (Wildman–Crippen LogP) is 3.78. The first kappa shape index (κ1) is 12.9. The lowest BCUT2D eigenvalue weighted by atomic mass is 9.95. The highest BCUT2D eigenvalue weighted by Gasteiger charge is 2.22. The van der Waals surface area contributed by atoms with Crippen molar-refractivity contribution in [2.75, 3.05) is 0 Å². The Hall–Kier alpha value is -1.14. The Morgan fingerprint density at radius 3 is 2.50 bits per heavy atom. The molecule has 2 nitrogen and oxygen atoms in total. The molecule has 0 aliphatic carbocycles. The summed E-state index contributed by atoms with van der Waals surface area (Å²) in [4.78, 5) is 13.8. The molecule has 1 aromatic heterocycles. The first-order valence-corrected chi connectivity index (χ1v) is 6.26. The lowest BCUT2D eigenvalue weighted by Crippen LogP contribution is -2.10. The maximum absolute atomic E-state index is 11.9. The van der Waals surface area contributed by atoms with Crippen LogP contribution < -0.4 is 0 Å². The number of ketones is 1. The van der Waals surface area contributed by atoms with Crippen molar-refractivity contribution < 1.29 is 4.79 Å². The van der Waals surface area contributed by atoms with Gasteiger partial charge in [0, 0.05) is 4.88 Å². The highest BCUT2D eigenvalue weighted by molar-refractivity contribution is 7.14. The SMILES string of the molecule is CCC(C#N)C(=O)c1ccc(C(C)(C)C)s1. The Labute approximate surface area is 101 Å². The van der Waals surface area contributed by atoms with Crippen LogP contribution in [0.15, 0.2) is 12.1 Å². The number of rotatable bonds is 3. The van der Waals surface area contributed by atoms with Gasteiger partial charge < -0.3 is 0 Å². The first-order valence-electron chi connectivity index (χ1n) is 5.44. The van der Waals surface area contributed by atoms with Gasteiger partial charge in [-0.05, 0) is 24.0 Å². The van der Waals surface area contributed by atoms with E-state index in [1.165, 1.54) is 16.2 Å². The third-order valence-corrected chi connectivity index (χ3v) is 3.99. The zero-order valence-electron chi connectivity index (χ0n) is 10.2. The number of carbonyl (C=O) groups excluding carboxylic acids is 1. The largest absolute Gasteiger partial charge is 0.292 e. The molecule has 0 aliphatic rings. The van der Waals surface area contributed by atoms with Gasteiger partial charge in [-0.2, -0.15) is 5.26 Å². The summed E-state index contributed by atoms with van der Waals surface area (Å²) in [6.45, 7) is 8.22. The molecule has 0 N–H and O–H groups in total. The van der Waals surface area contributed by atoms with Crippen molar-refractivity contribution in [1.82, 2.24) is 0 Å². The van der Waals surface area contributed by atoms with Gasteiger partial charge >= 0.3 is 0 Å². The summed E-state index contributed by atoms with van der Waals surface area (Å²) in [5.41, 5.74) is 0.0670. The molecule has 0 aliphatic heterocycles. The molecule has 1 aromatic rings. The molecule has 0 spiro atoms. The van der Waals surface area contributed by atoms with E-state index < -0.39 is 5.92 Å². The van der Waals surface area contributed by atoms with Crippen LogP contribution >= 0.6 is 11.3 Å². The average Bonchev–Trinajstić information content (AvgIpc) is 2.67. The van der Waals surface area contributed by atoms with Crippen molar-refractivity contribution in [2.24, 2.45) is 5.92 Å². The molecule has 0 amide bonds. The van der Waals surface area contributed by atoms with Crippen molar-refractivity contribution in [2.45, 2.75) is 39.5 Å². The third kappa shape index (κ3) is 2.70. The lowest BCUT2D eigenvalue weighted by Gasteiger charge is -2.15. The Morgan fingerprint density at radius 1 is 1.50 bits per heavy atom. The molecule has 3 heteroatoms. The number of Topliss-reactive ketones (excluding diaryl/α,β-unsaturated/α-hetero) is 1. The normalized spacial score (nSPS) is 13.2. The molecule has 0 fully saturated rings. The summed E-state index contributed by atoms with van der Waals surface area (Å²) < 4.78 is 0. The number of thiophene rings is 1. The van der Waals surface area contributed by atoms with Gasteiger partial charge in [0.2, 0.25) is 0 Å². The second-order valence-electron chi connectivity index (χ2n) is 4.87. The Kier molecular flexibility index (Phi) is 3.88. The van der Waals surface area contributed by atoms with Crippen molar-refractivity contribution in [1.29, 1.82) is 5.26 Å². The summed E-state index contributed by atoms with van der Waals surface area (Å²) >= 11 is 1.51. The minimum Gasteiger partial charge on any atom is -0.292 e. The van der Waals surface area contributed by atoms with E-state index in [4.69, 9.17) is 5.26 Å². The van der Waals surface area contributed by atoms with Gasteiger partial charge in [-0.15, -0.1) is 11.3 Å². The number of nitriles is 1. The highest BCUT2D eigenvalue weighted by atomic mass is 32.1. The second-order valence-corrected chi connectivity index (χ2v) is 5.95. The highest BCUT2D eigenvalue weighted by Crippen LogP contribution is 2.30. The first-order chi connectivity index (χ1) is 7.40. The fourth-order valence-electron chi connectivity index (χ4n) is 1.38. The van der Waals surface area contributed by atoms with Gasteiger partial charge in [0.1, 0.15) is 5.92 Å². The standard InChI is InChI=1S/C13H17NOS/c1-5-9(8-14)12(15)10-6-7-11(16-10)13(2,3)4/h6-7,9H,5H2,1-4H3. The molecule has 16 heavy (non-hydrogen) atoms. The monoisotopic (exact) mass is 235 g/mol. The predicted molar refractivity (Wildman–Crippen MR) is 66.7 cm³/mol. The van der Waals surface area contributed by atoms with Gasteiger partial charge in [-0.3, -0.25) is 4.79 Å². The fourth-order valence-corrected chi connectivity index (χ4v) is 2.44. The smallest absolute Gasteiger partial charge is 0.189 e. The van der Waals surface area contributed by atoms with Crippen LogP contribution in [0.5, 0.6) is 0 Å². The minimum atomic E-state index is -0.494. The molecule has 86 valence electrons. The van der Waals surface area contributed by atoms with E-state index in [9.17, 15) is 4.79 Å². The number of hydrogen-bond donors (Lipinski definition) is 0. The number of nitrogens with zero attached hydrogens (tertiary/aromatic N) is 1. The van der Waals surface area contributed by atoms with E-state index in [1.54, 1.807) is 0 Å². The zero-order chi connectivity index (χ0) is 12.3. The maximum atomic E-state index is 11.9. The third-order valence-electron chi connectivity index (χ3n) is 2.47. The summed E-state index contributed by atoms with van der Waals surface area (Å²) in [7, 11) is 0. The van der Waals surface area contributed by atoms with E-state index in [-0.39, 0.29) is 11.2 Å². The van der Waals surface area contributed by atoms with Crippen LogP contribution in [0.2, 0.25) is 0 Å². The summed E-state index contributed by atoms with van der Waals surface area (Å²) in [5.74, 6) is -0.531. The zero-order valence-corrected chi connectivity index (χ0v) is 11.0. The Balaban J connectivity index is 2.96. The van der Waals surface area contributed by atoms with Gasteiger partial charge in [0.25, 0.3) is 0 Å². The van der Waals surface area contributed by atoms with Crippen LogP contribution in [0.4, 0.5) is 0 Å². The van der Waals surface area contributed by atoms with E-state index in [2.05, 4.69) is 26.8 Å². The van der Waals surface area contributed by atoms with Crippen molar-refractivity contribution >= 4 is 17.1 Å². The average molecular weight is 235 g/mol. The van der Waals surface area contributed by atoms with Gasteiger partial charge in [-0.1, -0.05) is 27.7 Å². The Morgan fingerprint density at radius 2 is 2.12 bits per heavy atom. The molecule has 1 unspecified atom stereocenters. The van der Waals surface area contributed by atoms with Gasteiger partial charge in [0.15, 0.2) is 5.78 Å². The maximum Gasteiger partial charge on any atom is 0.189 e.